The van der Waals surface area contributed by atoms with Crippen molar-refractivity contribution in [3.8, 4) is 11.1 Å². The fourth-order valence-electron chi connectivity index (χ4n) is 12.0. The summed E-state index contributed by atoms with van der Waals surface area (Å²) in [6.07, 6.45) is 0. The number of para-hydroxylation sites is 2. The van der Waals surface area contributed by atoms with Crippen LogP contribution in [0.15, 0.2) is 131 Å². The molecule has 0 bridgehead atoms. The highest BCUT2D eigenvalue weighted by Crippen LogP contribution is 2.69. The SMILES string of the molecule is c1ccc(B(c2ccccc2)C2C3Sc4cccc5c6ccc7c8c6n(c45)C3C3B8c4c-7ccc5c6cccc7c6n(c45)[C@@H]3C2S7)cc1. The molecule has 0 N–H and O–H groups in total. The van der Waals surface area contributed by atoms with Crippen molar-refractivity contribution in [1.82, 2.24) is 9.13 Å². The van der Waals surface area contributed by atoms with Crippen LogP contribution in [0.4, 0.5) is 0 Å². The van der Waals surface area contributed by atoms with Crippen molar-refractivity contribution in [1.29, 1.82) is 0 Å². The van der Waals surface area contributed by atoms with Crippen LogP contribution in [0.2, 0.25) is 11.6 Å². The Kier molecular flexibility index (Phi) is 4.20. The van der Waals surface area contributed by atoms with Crippen LogP contribution >= 0.6 is 23.5 Å². The normalized spacial score (nSPS) is 25.7. The molecular formula is C42H26B2N2S2. The molecule has 8 aromatic rings. The minimum atomic E-state index is 0.297. The smallest absolute Gasteiger partial charge is 0.223 e. The van der Waals surface area contributed by atoms with E-state index in [-0.39, 0.29) is 0 Å². The maximum Gasteiger partial charge on any atom is 0.223 e. The summed E-state index contributed by atoms with van der Waals surface area (Å²) in [6.45, 7) is 0.749. The van der Waals surface area contributed by atoms with Gasteiger partial charge < -0.3 is 9.13 Å². The molecule has 14 rings (SSSR count). The van der Waals surface area contributed by atoms with Gasteiger partial charge in [-0.25, -0.2) is 0 Å². The van der Waals surface area contributed by atoms with E-state index in [9.17, 15) is 0 Å². The minimum Gasteiger partial charge on any atom is -0.336 e. The first-order valence-corrected chi connectivity index (χ1v) is 19.3. The Bertz CT molecular complexity index is 2620. The third-order valence-corrected chi connectivity index (χ3v) is 16.2. The Morgan fingerprint density at radius 1 is 0.479 bits per heavy atom. The third-order valence-electron chi connectivity index (χ3n) is 13.3. The Morgan fingerprint density at radius 2 is 0.958 bits per heavy atom. The molecule has 5 unspecified atom stereocenters. The average Bonchev–Trinajstić information content (AvgIpc) is 3.78. The summed E-state index contributed by atoms with van der Waals surface area (Å²) >= 11 is 4.45. The highest BCUT2D eigenvalue weighted by molar-refractivity contribution is 8.01. The number of nitrogens with zero attached hydrogens (tertiary/aromatic N) is 2. The van der Waals surface area contributed by atoms with Crippen LogP contribution in [0.1, 0.15) is 12.1 Å². The molecule has 1 fully saturated rings. The molecule has 5 aliphatic heterocycles. The Balaban J connectivity index is 1.19. The number of aromatic nitrogens is 2. The predicted molar refractivity (Wildman–Crippen MR) is 206 cm³/mol. The first-order chi connectivity index (χ1) is 23.9. The van der Waals surface area contributed by atoms with Gasteiger partial charge in [-0.15, -0.1) is 23.5 Å². The summed E-state index contributed by atoms with van der Waals surface area (Å²) in [5.41, 5.74) is 15.2. The zero-order valence-corrected chi connectivity index (χ0v) is 27.5. The van der Waals surface area contributed by atoms with Crippen molar-refractivity contribution in [3.05, 3.63) is 121 Å². The van der Waals surface area contributed by atoms with E-state index in [0.29, 0.717) is 47.6 Å². The molecule has 1 saturated carbocycles. The van der Waals surface area contributed by atoms with E-state index >= 15 is 0 Å². The van der Waals surface area contributed by atoms with E-state index in [1.54, 1.807) is 10.9 Å². The van der Waals surface area contributed by atoms with Crippen molar-refractivity contribution in [2.45, 2.75) is 44.0 Å². The van der Waals surface area contributed by atoms with Crippen molar-refractivity contribution in [3.63, 3.8) is 0 Å². The topological polar surface area (TPSA) is 9.86 Å². The van der Waals surface area contributed by atoms with E-state index in [4.69, 9.17) is 0 Å². The first kappa shape index (κ1) is 24.8. The lowest BCUT2D eigenvalue weighted by Gasteiger charge is -2.60. The van der Waals surface area contributed by atoms with Gasteiger partial charge in [0, 0.05) is 65.0 Å². The molecule has 0 saturated heterocycles. The second kappa shape index (κ2) is 8.13. The number of hydrogen-bond acceptors (Lipinski definition) is 2. The summed E-state index contributed by atoms with van der Waals surface area (Å²) in [7, 11) is 0. The summed E-state index contributed by atoms with van der Waals surface area (Å²) in [6, 6.07) is 48.1. The van der Waals surface area contributed by atoms with Crippen LogP contribution < -0.4 is 21.9 Å². The molecule has 222 valence electrons. The van der Waals surface area contributed by atoms with Crippen LogP contribution in [0.25, 0.3) is 54.7 Å². The largest absolute Gasteiger partial charge is 0.336 e. The molecule has 6 aromatic carbocycles. The van der Waals surface area contributed by atoms with Crippen LogP contribution in [0.5, 0.6) is 0 Å². The predicted octanol–water partition coefficient (Wildman–Crippen LogP) is 7.61. The van der Waals surface area contributed by atoms with Gasteiger partial charge in [0.25, 0.3) is 0 Å². The highest BCUT2D eigenvalue weighted by Gasteiger charge is 2.66. The fraction of sp³-hybridized carbons (Fsp3) is 0.143. The van der Waals surface area contributed by atoms with E-state index < -0.39 is 0 Å². The highest BCUT2D eigenvalue weighted by atomic mass is 32.2. The van der Waals surface area contributed by atoms with Gasteiger partial charge in [0.1, 0.15) is 0 Å². The Morgan fingerprint density at radius 3 is 1.46 bits per heavy atom. The quantitative estimate of drug-likeness (QED) is 0.183. The lowest BCUT2D eigenvalue weighted by molar-refractivity contribution is 0.287. The fourth-order valence-corrected chi connectivity index (χ4v) is 15.5. The summed E-state index contributed by atoms with van der Waals surface area (Å²) < 4.78 is 5.86. The van der Waals surface area contributed by atoms with Gasteiger partial charge in [-0.1, -0.05) is 120 Å². The standard InChI is InChI=1S/C42H26B2N2S2/c1-3-9-21(10-4-1)43(22-11-5-2-6-12-22)34-41-39-33-40-42(34)48-30-16-8-14-26-28-20-18-24-23-17-19-27-25-13-7-15-29(47-41)35(25)45(39)37(27)31(23)44(33)32(24)38(28)46(40)36(26)30/h1-20,33-34,39-42H/t33?,34?,39-,40?,41?,42?/m0/s1. The molecule has 6 heteroatoms. The Labute approximate surface area is 286 Å². The van der Waals surface area contributed by atoms with Crippen molar-refractivity contribution in [2.24, 2.45) is 0 Å². The summed E-state index contributed by atoms with van der Waals surface area (Å²) in [5.74, 6) is 0.946. The molecule has 2 aromatic heterocycles. The van der Waals surface area contributed by atoms with Crippen molar-refractivity contribution >= 4 is 102 Å². The van der Waals surface area contributed by atoms with Gasteiger partial charge in [0.05, 0.1) is 11.0 Å². The number of hydrogen-bond donors (Lipinski definition) is 0. The van der Waals surface area contributed by atoms with Crippen molar-refractivity contribution < 1.29 is 0 Å². The van der Waals surface area contributed by atoms with Crippen LogP contribution in [-0.4, -0.2) is 33.1 Å². The second-order valence-corrected chi connectivity index (χ2v) is 17.4. The molecule has 2 nitrogen and oxygen atoms in total. The van der Waals surface area contributed by atoms with Gasteiger partial charge in [-0.3, -0.25) is 0 Å². The van der Waals surface area contributed by atoms with Crippen molar-refractivity contribution in [2.75, 3.05) is 0 Å². The molecule has 6 atom stereocenters. The Hall–Kier alpha value is -4.25. The van der Waals surface area contributed by atoms with Crippen LogP contribution in [0, 0.1) is 0 Å². The molecular weight excluding hydrogens is 618 g/mol. The van der Waals surface area contributed by atoms with Gasteiger partial charge >= 0.3 is 0 Å². The molecule has 7 heterocycles. The summed E-state index contributed by atoms with van der Waals surface area (Å²) in [4.78, 5) is 2.94. The zero-order valence-electron chi connectivity index (χ0n) is 25.9. The van der Waals surface area contributed by atoms with Gasteiger partial charge in [-0.05, 0) is 45.8 Å². The maximum atomic E-state index is 2.93. The number of fused-ring (bicyclic) bond motifs is 3. The minimum absolute atomic E-state index is 0.297. The first-order valence-electron chi connectivity index (χ1n) is 17.5. The molecule has 6 aliphatic rings. The molecule has 0 amide bonds. The number of rotatable bonds is 3. The van der Waals surface area contributed by atoms with E-state index in [2.05, 4.69) is 154 Å². The van der Waals surface area contributed by atoms with E-state index in [1.165, 1.54) is 75.5 Å². The lowest BCUT2D eigenvalue weighted by atomic mass is 9.25. The molecule has 0 spiro atoms. The summed E-state index contributed by atoms with van der Waals surface area (Å²) in [5, 5.41) is 6.70. The van der Waals surface area contributed by atoms with Gasteiger partial charge in [0.2, 0.25) is 13.4 Å². The lowest BCUT2D eigenvalue weighted by Crippen LogP contribution is -2.66. The van der Waals surface area contributed by atoms with E-state index in [1.807, 2.05) is 0 Å². The second-order valence-electron chi connectivity index (χ2n) is 15.0. The third kappa shape index (κ3) is 2.52. The number of benzene rings is 6. The van der Waals surface area contributed by atoms with Crippen LogP contribution in [-0.2, 0) is 0 Å². The average molecular weight is 644 g/mol. The van der Waals surface area contributed by atoms with Gasteiger partial charge in [-0.2, -0.15) is 0 Å². The van der Waals surface area contributed by atoms with E-state index in [0.717, 1.165) is 0 Å². The molecule has 1 aliphatic carbocycles. The molecule has 48 heavy (non-hydrogen) atoms. The van der Waals surface area contributed by atoms with Crippen LogP contribution in [0.3, 0.4) is 0 Å². The molecule has 0 radical (unpaired) electrons. The zero-order chi connectivity index (χ0) is 30.6. The number of thioether (sulfide) groups is 2. The van der Waals surface area contributed by atoms with Gasteiger partial charge in [0.15, 0.2) is 0 Å². The maximum absolute atomic E-state index is 2.93. The monoisotopic (exact) mass is 644 g/mol.